The maximum Gasteiger partial charge on any atom is 0.242 e. The number of methoxy groups -OCH3 is 1. The average molecular weight is 333 g/mol. The number of nitrogens with one attached hydrogen (secondary N) is 2. The van der Waals surface area contributed by atoms with Gasteiger partial charge < -0.3 is 15.4 Å². The quantitative estimate of drug-likeness (QED) is 0.846. The molecule has 0 bridgehead atoms. The molecule has 0 aromatic heterocycles. The van der Waals surface area contributed by atoms with Crippen LogP contribution in [0.3, 0.4) is 0 Å². The third-order valence-electron chi connectivity index (χ3n) is 3.58. The Balaban J connectivity index is 1.89. The molecular weight excluding hydrogens is 312 g/mol. The SMILES string of the molecule is COc1ccc(CNC(=O)[C@@H](C)Nc2ccc(Cl)cc2C)cc1. The van der Waals surface area contributed by atoms with Crippen molar-refractivity contribution < 1.29 is 9.53 Å². The van der Waals surface area contributed by atoms with Gasteiger partial charge >= 0.3 is 0 Å². The molecule has 1 atom stereocenters. The zero-order valence-corrected chi connectivity index (χ0v) is 14.3. The topological polar surface area (TPSA) is 50.4 Å². The van der Waals surface area contributed by atoms with Crippen molar-refractivity contribution in [3.63, 3.8) is 0 Å². The number of benzene rings is 2. The maximum atomic E-state index is 12.2. The largest absolute Gasteiger partial charge is 0.497 e. The zero-order chi connectivity index (χ0) is 16.8. The fourth-order valence-corrected chi connectivity index (χ4v) is 2.40. The molecule has 122 valence electrons. The van der Waals surface area contributed by atoms with E-state index in [4.69, 9.17) is 16.3 Å². The molecule has 2 N–H and O–H groups in total. The fraction of sp³-hybridized carbons (Fsp3) is 0.278. The molecule has 4 nitrogen and oxygen atoms in total. The van der Waals surface area contributed by atoms with Crippen molar-refractivity contribution in [2.75, 3.05) is 12.4 Å². The molecule has 23 heavy (non-hydrogen) atoms. The minimum Gasteiger partial charge on any atom is -0.497 e. The van der Waals surface area contributed by atoms with E-state index < -0.39 is 0 Å². The highest BCUT2D eigenvalue weighted by molar-refractivity contribution is 6.30. The van der Waals surface area contributed by atoms with E-state index in [9.17, 15) is 4.79 Å². The van der Waals surface area contributed by atoms with Crippen LogP contribution in [0.15, 0.2) is 42.5 Å². The molecule has 0 heterocycles. The molecule has 2 aromatic rings. The van der Waals surface area contributed by atoms with Crippen LogP contribution in [0.2, 0.25) is 5.02 Å². The Kier molecular flexibility index (Phi) is 5.88. The van der Waals surface area contributed by atoms with Crippen LogP contribution in [0.5, 0.6) is 5.75 Å². The van der Waals surface area contributed by atoms with Crippen molar-refractivity contribution in [2.24, 2.45) is 0 Å². The van der Waals surface area contributed by atoms with Crippen LogP contribution in [0.1, 0.15) is 18.1 Å². The Morgan fingerprint density at radius 2 is 1.91 bits per heavy atom. The predicted molar refractivity (Wildman–Crippen MR) is 94.1 cm³/mol. The predicted octanol–water partition coefficient (Wildman–Crippen LogP) is 3.77. The second-order valence-electron chi connectivity index (χ2n) is 5.39. The molecule has 0 aliphatic rings. The number of hydrogen-bond donors (Lipinski definition) is 2. The van der Waals surface area contributed by atoms with E-state index in [0.717, 1.165) is 22.6 Å². The van der Waals surface area contributed by atoms with Gasteiger partial charge in [-0.3, -0.25) is 4.79 Å². The summed E-state index contributed by atoms with van der Waals surface area (Å²) in [6, 6.07) is 12.8. The molecule has 0 saturated heterocycles. The number of halogens is 1. The first-order valence-electron chi connectivity index (χ1n) is 7.43. The van der Waals surface area contributed by atoms with Crippen LogP contribution in [-0.4, -0.2) is 19.1 Å². The summed E-state index contributed by atoms with van der Waals surface area (Å²) in [5, 5.41) is 6.80. The van der Waals surface area contributed by atoms with E-state index in [2.05, 4.69) is 10.6 Å². The van der Waals surface area contributed by atoms with Crippen LogP contribution in [0.25, 0.3) is 0 Å². The van der Waals surface area contributed by atoms with Gasteiger partial charge in [0, 0.05) is 17.3 Å². The van der Waals surface area contributed by atoms with Gasteiger partial charge in [-0.05, 0) is 55.3 Å². The molecular formula is C18H21ClN2O2. The highest BCUT2D eigenvalue weighted by Gasteiger charge is 2.13. The highest BCUT2D eigenvalue weighted by atomic mass is 35.5. The first kappa shape index (κ1) is 17.2. The summed E-state index contributed by atoms with van der Waals surface area (Å²) in [6.07, 6.45) is 0. The van der Waals surface area contributed by atoms with E-state index in [0.29, 0.717) is 11.6 Å². The number of rotatable bonds is 6. The van der Waals surface area contributed by atoms with Gasteiger partial charge in [-0.2, -0.15) is 0 Å². The lowest BCUT2D eigenvalue weighted by molar-refractivity contribution is -0.121. The standard InChI is InChI=1S/C18H21ClN2O2/c1-12-10-15(19)6-9-17(12)21-13(2)18(22)20-11-14-4-7-16(23-3)8-5-14/h4-10,13,21H,11H2,1-3H3,(H,20,22)/t13-/m1/s1. The van der Waals surface area contributed by atoms with E-state index in [1.807, 2.05) is 50.2 Å². The Hall–Kier alpha value is -2.20. The molecule has 0 aliphatic heterocycles. The maximum absolute atomic E-state index is 12.2. The van der Waals surface area contributed by atoms with Gasteiger partial charge in [-0.1, -0.05) is 23.7 Å². The number of anilines is 1. The molecule has 0 fully saturated rings. The number of aryl methyl sites for hydroxylation is 1. The summed E-state index contributed by atoms with van der Waals surface area (Å²) in [5.41, 5.74) is 2.93. The second kappa shape index (κ2) is 7.88. The third kappa shape index (κ3) is 4.89. The van der Waals surface area contributed by atoms with Crippen molar-refractivity contribution in [1.82, 2.24) is 5.32 Å². The first-order valence-corrected chi connectivity index (χ1v) is 7.80. The Labute approximate surface area is 141 Å². The zero-order valence-electron chi connectivity index (χ0n) is 13.5. The molecule has 0 radical (unpaired) electrons. The van der Waals surface area contributed by atoms with Gasteiger partial charge in [0.2, 0.25) is 5.91 Å². The van der Waals surface area contributed by atoms with Crippen LogP contribution in [0, 0.1) is 6.92 Å². The van der Waals surface area contributed by atoms with E-state index in [-0.39, 0.29) is 11.9 Å². The number of carbonyl (C=O) groups excluding carboxylic acids is 1. The molecule has 2 aromatic carbocycles. The number of carbonyl (C=O) groups is 1. The smallest absolute Gasteiger partial charge is 0.242 e. The average Bonchev–Trinajstić information content (AvgIpc) is 2.55. The van der Waals surface area contributed by atoms with Gasteiger partial charge in [-0.15, -0.1) is 0 Å². The van der Waals surface area contributed by atoms with Crippen molar-refractivity contribution in [1.29, 1.82) is 0 Å². The van der Waals surface area contributed by atoms with Crippen LogP contribution in [-0.2, 0) is 11.3 Å². The molecule has 0 aliphatic carbocycles. The lowest BCUT2D eigenvalue weighted by Gasteiger charge is -2.17. The molecule has 5 heteroatoms. The molecule has 0 saturated carbocycles. The van der Waals surface area contributed by atoms with Gasteiger partial charge in [0.25, 0.3) is 0 Å². The summed E-state index contributed by atoms with van der Waals surface area (Å²) in [6.45, 7) is 4.27. The van der Waals surface area contributed by atoms with Gasteiger partial charge in [-0.25, -0.2) is 0 Å². The highest BCUT2D eigenvalue weighted by Crippen LogP contribution is 2.20. The van der Waals surface area contributed by atoms with E-state index in [1.165, 1.54) is 0 Å². The van der Waals surface area contributed by atoms with Gasteiger partial charge in [0.15, 0.2) is 0 Å². The summed E-state index contributed by atoms with van der Waals surface area (Å²) in [5.74, 6) is 0.739. The van der Waals surface area contributed by atoms with Crippen molar-refractivity contribution in [2.45, 2.75) is 26.4 Å². The molecule has 0 unspecified atom stereocenters. The lowest BCUT2D eigenvalue weighted by Crippen LogP contribution is -2.37. The summed E-state index contributed by atoms with van der Waals surface area (Å²) < 4.78 is 5.11. The second-order valence-corrected chi connectivity index (χ2v) is 5.83. The normalized spacial score (nSPS) is 11.7. The lowest BCUT2D eigenvalue weighted by atomic mass is 10.1. The first-order chi connectivity index (χ1) is 11.0. The van der Waals surface area contributed by atoms with Crippen LogP contribution >= 0.6 is 11.6 Å². The van der Waals surface area contributed by atoms with E-state index >= 15 is 0 Å². The minimum absolute atomic E-state index is 0.0600. The Bertz CT molecular complexity index is 671. The Morgan fingerprint density at radius 1 is 1.22 bits per heavy atom. The molecule has 1 amide bonds. The molecule has 2 rings (SSSR count). The van der Waals surface area contributed by atoms with Crippen molar-refractivity contribution in [3.8, 4) is 5.75 Å². The van der Waals surface area contributed by atoms with E-state index in [1.54, 1.807) is 13.2 Å². The number of amides is 1. The third-order valence-corrected chi connectivity index (χ3v) is 3.81. The van der Waals surface area contributed by atoms with Crippen LogP contribution < -0.4 is 15.4 Å². The van der Waals surface area contributed by atoms with Crippen molar-refractivity contribution in [3.05, 3.63) is 58.6 Å². The van der Waals surface area contributed by atoms with Crippen LogP contribution in [0.4, 0.5) is 5.69 Å². The number of hydrogen-bond acceptors (Lipinski definition) is 3. The van der Waals surface area contributed by atoms with Gasteiger partial charge in [0.05, 0.1) is 7.11 Å². The monoisotopic (exact) mass is 332 g/mol. The fourth-order valence-electron chi connectivity index (χ4n) is 2.17. The number of ether oxygens (including phenoxy) is 1. The molecule has 0 spiro atoms. The minimum atomic E-state index is -0.340. The van der Waals surface area contributed by atoms with Gasteiger partial charge in [0.1, 0.15) is 11.8 Å². The summed E-state index contributed by atoms with van der Waals surface area (Å²) in [4.78, 5) is 12.2. The van der Waals surface area contributed by atoms with Crippen molar-refractivity contribution >= 4 is 23.2 Å². The summed E-state index contributed by atoms with van der Waals surface area (Å²) >= 11 is 5.94. The summed E-state index contributed by atoms with van der Waals surface area (Å²) in [7, 11) is 1.63. The Morgan fingerprint density at radius 3 is 2.52 bits per heavy atom.